The Morgan fingerprint density at radius 3 is 2.48 bits per heavy atom. The number of halogens is 4. The van der Waals surface area contributed by atoms with Crippen LogP contribution in [0, 0.1) is 11.6 Å². The number of sulfonamides is 1. The molecule has 0 saturated carbocycles. The Morgan fingerprint density at radius 1 is 1.29 bits per heavy atom. The van der Waals surface area contributed by atoms with Crippen molar-refractivity contribution in [2.75, 3.05) is 7.05 Å². The Labute approximate surface area is 138 Å². The van der Waals surface area contributed by atoms with Crippen molar-refractivity contribution in [2.24, 2.45) is 0 Å². The number of thiophene rings is 1. The van der Waals surface area contributed by atoms with Gasteiger partial charge in [-0.05, 0) is 39.7 Å². The highest BCUT2D eigenvalue weighted by Gasteiger charge is 2.24. The highest BCUT2D eigenvalue weighted by Crippen LogP contribution is 2.35. The van der Waals surface area contributed by atoms with E-state index in [0.29, 0.717) is 14.4 Å². The summed E-state index contributed by atoms with van der Waals surface area (Å²) in [4.78, 5) is 0. The fourth-order valence-electron chi connectivity index (χ4n) is 1.59. The van der Waals surface area contributed by atoms with E-state index in [2.05, 4.69) is 15.9 Å². The molecular weight excluding hydrogens is 408 g/mol. The van der Waals surface area contributed by atoms with Crippen molar-refractivity contribution < 1.29 is 17.2 Å². The molecule has 0 atom stereocenters. The lowest BCUT2D eigenvalue weighted by Crippen LogP contribution is -2.25. The average molecular weight is 417 g/mol. The van der Waals surface area contributed by atoms with Gasteiger partial charge in [0, 0.05) is 13.6 Å². The number of nitrogens with zero attached hydrogens (tertiary/aromatic N) is 1. The Bertz CT molecular complexity index is 760. The summed E-state index contributed by atoms with van der Waals surface area (Å²) in [5.74, 6) is -1.99. The van der Waals surface area contributed by atoms with E-state index in [4.69, 9.17) is 11.6 Å². The van der Waals surface area contributed by atoms with E-state index in [1.54, 1.807) is 0 Å². The molecule has 0 unspecified atom stereocenters. The van der Waals surface area contributed by atoms with Gasteiger partial charge in [0.1, 0.15) is 4.21 Å². The molecule has 0 saturated heterocycles. The minimum Gasteiger partial charge on any atom is -0.206 e. The second-order valence-electron chi connectivity index (χ2n) is 4.20. The van der Waals surface area contributed by atoms with Crippen molar-refractivity contribution in [3.8, 4) is 0 Å². The van der Waals surface area contributed by atoms with Gasteiger partial charge in [-0.1, -0.05) is 17.7 Å². The molecule has 1 aromatic heterocycles. The molecule has 0 aliphatic rings. The highest BCUT2D eigenvalue weighted by atomic mass is 79.9. The fourth-order valence-corrected chi connectivity index (χ4v) is 5.36. The summed E-state index contributed by atoms with van der Waals surface area (Å²) in [6, 6.07) is 4.61. The molecule has 0 spiro atoms. The Kier molecular flexibility index (Phi) is 5.04. The molecule has 0 radical (unpaired) electrons. The lowest BCUT2D eigenvalue weighted by Gasteiger charge is -2.16. The Balaban J connectivity index is 2.26. The van der Waals surface area contributed by atoms with Gasteiger partial charge in [-0.15, -0.1) is 11.3 Å². The first kappa shape index (κ1) is 16.8. The molecule has 0 N–H and O–H groups in total. The molecule has 1 aromatic carbocycles. The average Bonchev–Trinajstić information content (AvgIpc) is 2.75. The molecule has 2 aromatic rings. The Hall–Kier alpha value is -0.540. The zero-order valence-electron chi connectivity index (χ0n) is 10.6. The topological polar surface area (TPSA) is 37.4 Å². The van der Waals surface area contributed by atoms with Gasteiger partial charge >= 0.3 is 0 Å². The normalized spacial score (nSPS) is 12.1. The van der Waals surface area contributed by atoms with Crippen LogP contribution in [0.15, 0.2) is 32.3 Å². The van der Waals surface area contributed by atoms with Crippen LogP contribution in [0.5, 0.6) is 0 Å². The molecule has 0 bridgehead atoms. The van der Waals surface area contributed by atoms with Crippen molar-refractivity contribution >= 4 is 48.9 Å². The van der Waals surface area contributed by atoms with Crippen molar-refractivity contribution in [3.05, 3.63) is 50.3 Å². The zero-order valence-corrected chi connectivity index (χ0v) is 14.6. The molecule has 2 rings (SSSR count). The standard InChI is InChI=1S/C12H9BrClF2NO2S2/c1-17(6-7-2-3-9(15)10(16)4-7)21(18,19)11-5-8(14)12(13)20-11/h2-5H,6H2,1H3. The predicted octanol–water partition coefficient (Wildman–Crippen LogP) is 4.26. The first-order valence-corrected chi connectivity index (χ1v) is 8.99. The van der Waals surface area contributed by atoms with E-state index in [9.17, 15) is 17.2 Å². The fraction of sp³-hybridized carbons (Fsp3) is 0.167. The van der Waals surface area contributed by atoms with Gasteiger partial charge in [0.05, 0.1) is 8.81 Å². The molecule has 0 aliphatic carbocycles. The maximum absolute atomic E-state index is 13.1. The lowest BCUT2D eigenvalue weighted by molar-refractivity contribution is 0.463. The van der Waals surface area contributed by atoms with Crippen molar-refractivity contribution in [1.29, 1.82) is 0 Å². The number of hydrogen-bond acceptors (Lipinski definition) is 3. The SMILES string of the molecule is CN(Cc1ccc(F)c(F)c1)S(=O)(=O)c1cc(Cl)c(Br)s1. The van der Waals surface area contributed by atoms with Crippen LogP contribution in [-0.4, -0.2) is 19.8 Å². The van der Waals surface area contributed by atoms with Crippen LogP contribution in [0.25, 0.3) is 0 Å². The predicted molar refractivity (Wildman–Crippen MR) is 82.0 cm³/mol. The van der Waals surface area contributed by atoms with Crippen LogP contribution in [-0.2, 0) is 16.6 Å². The summed E-state index contributed by atoms with van der Waals surface area (Å²) in [6.07, 6.45) is 0. The first-order chi connectivity index (χ1) is 9.71. The van der Waals surface area contributed by atoms with Crippen LogP contribution in [0.2, 0.25) is 5.02 Å². The van der Waals surface area contributed by atoms with E-state index in [-0.39, 0.29) is 10.8 Å². The van der Waals surface area contributed by atoms with E-state index in [1.807, 2.05) is 0 Å². The number of hydrogen-bond donors (Lipinski definition) is 0. The minimum atomic E-state index is -3.74. The third-order valence-corrected chi connectivity index (χ3v) is 7.40. The van der Waals surface area contributed by atoms with E-state index in [1.165, 1.54) is 19.2 Å². The van der Waals surface area contributed by atoms with Crippen molar-refractivity contribution in [1.82, 2.24) is 4.31 Å². The largest absolute Gasteiger partial charge is 0.252 e. The first-order valence-electron chi connectivity index (χ1n) is 5.57. The van der Waals surface area contributed by atoms with Gasteiger partial charge in [-0.3, -0.25) is 0 Å². The lowest BCUT2D eigenvalue weighted by atomic mass is 10.2. The van der Waals surface area contributed by atoms with Crippen molar-refractivity contribution in [3.63, 3.8) is 0 Å². The van der Waals surface area contributed by atoms with Crippen LogP contribution < -0.4 is 0 Å². The van der Waals surface area contributed by atoms with Gasteiger partial charge in [-0.2, -0.15) is 4.31 Å². The highest BCUT2D eigenvalue weighted by molar-refractivity contribution is 9.11. The third-order valence-electron chi connectivity index (χ3n) is 2.68. The van der Waals surface area contributed by atoms with Crippen LogP contribution >= 0.6 is 38.9 Å². The molecule has 1 heterocycles. The summed E-state index contributed by atoms with van der Waals surface area (Å²) in [6.45, 7) is -0.0767. The molecule has 21 heavy (non-hydrogen) atoms. The molecule has 114 valence electrons. The monoisotopic (exact) mass is 415 g/mol. The molecular formula is C12H9BrClF2NO2S2. The summed E-state index contributed by atoms with van der Waals surface area (Å²) < 4.78 is 52.3. The quantitative estimate of drug-likeness (QED) is 0.747. The van der Waals surface area contributed by atoms with Gasteiger partial charge in [-0.25, -0.2) is 17.2 Å². The number of rotatable bonds is 4. The maximum Gasteiger partial charge on any atom is 0.252 e. The maximum atomic E-state index is 13.1. The second kappa shape index (κ2) is 6.29. The smallest absolute Gasteiger partial charge is 0.206 e. The summed E-state index contributed by atoms with van der Waals surface area (Å²) >= 11 is 9.97. The van der Waals surface area contributed by atoms with Gasteiger partial charge in [0.15, 0.2) is 11.6 Å². The molecule has 0 amide bonds. The molecule has 0 aliphatic heterocycles. The Morgan fingerprint density at radius 2 is 1.95 bits per heavy atom. The van der Waals surface area contributed by atoms with E-state index >= 15 is 0 Å². The van der Waals surface area contributed by atoms with Crippen molar-refractivity contribution in [2.45, 2.75) is 10.8 Å². The summed E-state index contributed by atoms with van der Waals surface area (Å²) in [5, 5.41) is 0.305. The molecule has 0 fully saturated rings. The van der Waals surface area contributed by atoms with Crippen LogP contribution in [0.3, 0.4) is 0 Å². The number of benzene rings is 1. The summed E-state index contributed by atoms with van der Waals surface area (Å²) in [5.41, 5.74) is 0.349. The third kappa shape index (κ3) is 3.62. The van der Waals surface area contributed by atoms with Crippen LogP contribution in [0.1, 0.15) is 5.56 Å². The second-order valence-corrected chi connectivity index (χ2v) is 9.25. The van der Waals surface area contributed by atoms with Crippen LogP contribution in [0.4, 0.5) is 8.78 Å². The van der Waals surface area contributed by atoms with Gasteiger partial charge < -0.3 is 0 Å². The summed E-state index contributed by atoms with van der Waals surface area (Å²) in [7, 11) is -2.38. The van der Waals surface area contributed by atoms with Gasteiger partial charge in [0.25, 0.3) is 10.0 Å². The minimum absolute atomic E-state index is 0.0736. The van der Waals surface area contributed by atoms with E-state index in [0.717, 1.165) is 27.8 Å². The zero-order chi connectivity index (χ0) is 15.8. The van der Waals surface area contributed by atoms with Gasteiger partial charge in [0.2, 0.25) is 0 Å². The van der Waals surface area contributed by atoms with E-state index < -0.39 is 21.7 Å². The molecule has 9 heteroatoms. The molecule has 3 nitrogen and oxygen atoms in total.